The van der Waals surface area contributed by atoms with Gasteiger partial charge in [0.1, 0.15) is 5.75 Å². The van der Waals surface area contributed by atoms with E-state index in [0.717, 1.165) is 31.5 Å². The summed E-state index contributed by atoms with van der Waals surface area (Å²) in [4.78, 5) is 15.1. The summed E-state index contributed by atoms with van der Waals surface area (Å²) >= 11 is 0. The number of rotatable bonds is 10. The van der Waals surface area contributed by atoms with E-state index >= 15 is 0 Å². The first-order chi connectivity index (χ1) is 15.3. The highest BCUT2D eigenvalue weighted by molar-refractivity contribution is 7.92. The van der Waals surface area contributed by atoms with Gasteiger partial charge in [-0.1, -0.05) is 31.2 Å². The monoisotopic (exact) mass is 459 g/mol. The molecule has 1 unspecified atom stereocenters. The van der Waals surface area contributed by atoms with Crippen molar-refractivity contribution in [1.29, 1.82) is 0 Å². The highest BCUT2D eigenvalue weighted by atomic mass is 32.2. The van der Waals surface area contributed by atoms with E-state index in [1.54, 1.807) is 24.3 Å². The fourth-order valence-electron chi connectivity index (χ4n) is 3.75. The van der Waals surface area contributed by atoms with Crippen LogP contribution in [0.5, 0.6) is 5.75 Å². The van der Waals surface area contributed by atoms with Gasteiger partial charge in [0.05, 0.1) is 11.9 Å². The minimum absolute atomic E-state index is 0.172. The van der Waals surface area contributed by atoms with Crippen LogP contribution in [-0.2, 0) is 27.9 Å². The molecule has 1 heterocycles. The maximum atomic E-state index is 12.7. The first-order valence-corrected chi connectivity index (χ1v) is 12.9. The van der Waals surface area contributed by atoms with Crippen molar-refractivity contribution >= 4 is 21.6 Å². The summed E-state index contributed by atoms with van der Waals surface area (Å²) in [7, 11) is -1.83. The van der Waals surface area contributed by atoms with Crippen molar-refractivity contribution in [1.82, 2.24) is 10.2 Å². The maximum absolute atomic E-state index is 12.7. The zero-order valence-corrected chi connectivity index (χ0v) is 19.9. The molecule has 1 N–H and O–H groups in total. The van der Waals surface area contributed by atoms with Gasteiger partial charge in [-0.3, -0.25) is 14.0 Å². The van der Waals surface area contributed by atoms with Crippen LogP contribution in [0.25, 0.3) is 0 Å². The highest BCUT2D eigenvalue weighted by Gasteiger charge is 2.19. The van der Waals surface area contributed by atoms with E-state index in [1.807, 2.05) is 19.1 Å². The third-order valence-electron chi connectivity index (χ3n) is 5.70. The van der Waals surface area contributed by atoms with Crippen molar-refractivity contribution in [3.05, 3.63) is 59.7 Å². The minimum Gasteiger partial charge on any atom is -0.481 e. The van der Waals surface area contributed by atoms with Crippen molar-refractivity contribution < 1.29 is 17.9 Å². The largest absolute Gasteiger partial charge is 0.481 e. The predicted molar refractivity (Wildman–Crippen MR) is 127 cm³/mol. The Bertz CT molecular complexity index is 1000. The summed E-state index contributed by atoms with van der Waals surface area (Å²) in [5, 5.41) is 2.98. The lowest BCUT2D eigenvalue weighted by Crippen LogP contribution is -2.37. The van der Waals surface area contributed by atoms with Crippen molar-refractivity contribution in [2.45, 2.75) is 45.4 Å². The van der Waals surface area contributed by atoms with E-state index in [-0.39, 0.29) is 5.91 Å². The molecule has 1 atom stereocenters. The summed E-state index contributed by atoms with van der Waals surface area (Å²) in [6, 6.07) is 15.0. The molecule has 2 aromatic rings. The zero-order chi connectivity index (χ0) is 23.1. The van der Waals surface area contributed by atoms with Gasteiger partial charge < -0.3 is 10.1 Å². The first kappa shape index (κ1) is 24.1. The molecule has 1 fully saturated rings. The van der Waals surface area contributed by atoms with Crippen molar-refractivity contribution in [3.8, 4) is 5.75 Å². The number of likely N-dealkylation sites (tertiary alicyclic amines) is 1. The minimum atomic E-state index is -3.33. The fraction of sp³-hybridized carbons (Fsp3) is 0.458. The Labute approximate surface area is 191 Å². The van der Waals surface area contributed by atoms with Crippen LogP contribution in [0.2, 0.25) is 0 Å². The Morgan fingerprint density at radius 2 is 1.78 bits per heavy atom. The van der Waals surface area contributed by atoms with Gasteiger partial charge in [0, 0.05) is 20.1 Å². The topological polar surface area (TPSA) is 78.9 Å². The molecule has 0 saturated carbocycles. The second-order valence-corrected chi connectivity index (χ2v) is 10.3. The number of nitrogens with one attached hydrogen (secondary N) is 1. The van der Waals surface area contributed by atoms with E-state index in [1.165, 1.54) is 29.8 Å². The molecule has 1 aliphatic heterocycles. The van der Waals surface area contributed by atoms with Crippen LogP contribution in [0.1, 0.15) is 37.3 Å². The van der Waals surface area contributed by atoms with Crippen LogP contribution in [-0.4, -0.2) is 51.7 Å². The Morgan fingerprint density at radius 3 is 2.41 bits per heavy atom. The molecule has 1 aliphatic rings. The van der Waals surface area contributed by atoms with E-state index in [4.69, 9.17) is 4.74 Å². The number of amides is 1. The third kappa shape index (κ3) is 6.71. The Balaban J connectivity index is 1.54. The first-order valence-electron chi connectivity index (χ1n) is 11.0. The molecule has 32 heavy (non-hydrogen) atoms. The summed E-state index contributed by atoms with van der Waals surface area (Å²) in [6.45, 7) is 5.61. The van der Waals surface area contributed by atoms with Crippen molar-refractivity contribution in [2.75, 3.05) is 30.7 Å². The van der Waals surface area contributed by atoms with Gasteiger partial charge in [-0.2, -0.15) is 0 Å². The number of carbonyl (C=O) groups excluding carboxylic acids is 1. The number of ether oxygens (including phenoxy) is 1. The fourth-order valence-corrected chi connectivity index (χ4v) is 4.26. The zero-order valence-electron chi connectivity index (χ0n) is 19.1. The Morgan fingerprint density at radius 1 is 1.12 bits per heavy atom. The summed E-state index contributed by atoms with van der Waals surface area (Å²) < 4.78 is 30.4. The number of nitrogens with zero attached hydrogens (tertiary/aromatic N) is 2. The quantitative estimate of drug-likeness (QED) is 0.591. The molecule has 7 nitrogen and oxygen atoms in total. The van der Waals surface area contributed by atoms with Gasteiger partial charge in [0.25, 0.3) is 5.91 Å². The summed E-state index contributed by atoms with van der Waals surface area (Å²) in [5.74, 6) is 0.347. The number of benzene rings is 2. The summed E-state index contributed by atoms with van der Waals surface area (Å²) in [5.41, 5.74) is 2.87. The van der Waals surface area contributed by atoms with Gasteiger partial charge in [-0.15, -0.1) is 0 Å². The molecule has 3 rings (SSSR count). The van der Waals surface area contributed by atoms with Gasteiger partial charge in [-0.05, 0) is 67.7 Å². The Kier molecular flexibility index (Phi) is 8.15. The van der Waals surface area contributed by atoms with E-state index in [0.29, 0.717) is 24.4 Å². The van der Waals surface area contributed by atoms with E-state index in [2.05, 4.69) is 22.3 Å². The molecule has 0 spiro atoms. The molecule has 1 amide bonds. The average Bonchev–Trinajstić information content (AvgIpc) is 3.28. The summed E-state index contributed by atoms with van der Waals surface area (Å²) in [6.07, 6.45) is 3.58. The standard InChI is InChI=1S/C24H33N3O4S/c1-4-23(31-22-12-10-21(11-13-22)26(2)32(3,29)30)24(28)25-17-19-8-7-9-20(16-19)18-27-14-5-6-15-27/h7-13,16,23H,4-6,14-15,17-18H2,1-3H3,(H,25,28). The molecule has 174 valence electrons. The molecule has 0 aliphatic carbocycles. The van der Waals surface area contributed by atoms with Gasteiger partial charge in [0.15, 0.2) is 6.10 Å². The lowest BCUT2D eigenvalue weighted by atomic mass is 10.1. The molecule has 0 bridgehead atoms. The highest BCUT2D eigenvalue weighted by Crippen LogP contribution is 2.21. The predicted octanol–water partition coefficient (Wildman–Crippen LogP) is 3.15. The van der Waals surface area contributed by atoms with Gasteiger partial charge in [-0.25, -0.2) is 8.42 Å². The van der Waals surface area contributed by atoms with Crippen LogP contribution in [0.3, 0.4) is 0 Å². The lowest BCUT2D eigenvalue weighted by molar-refractivity contribution is -0.128. The van der Waals surface area contributed by atoms with Crippen LogP contribution < -0.4 is 14.4 Å². The molecule has 0 radical (unpaired) electrons. The van der Waals surface area contributed by atoms with Crippen molar-refractivity contribution in [2.24, 2.45) is 0 Å². The van der Waals surface area contributed by atoms with E-state index < -0.39 is 16.1 Å². The SMILES string of the molecule is CCC(Oc1ccc(N(C)S(C)(=O)=O)cc1)C(=O)NCc1cccc(CN2CCCC2)c1. The second kappa shape index (κ2) is 10.8. The molecule has 0 aromatic heterocycles. The smallest absolute Gasteiger partial charge is 0.261 e. The number of sulfonamides is 1. The maximum Gasteiger partial charge on any atom is 0.261 e. The van der Waals surface area contributed by atoms with Crippen LogP contribution in [0.4, 0.5) is 5.69 Å². The molecular formula is C24H33N3O4S. The van der Waals surface area contributed by atoms with Crippen LogP contribution in [0.15, 0.2) is 48.5 Å². The average molecular weight is 460 g/mol. The lowest BCUT2D eigenvalue weighted by Gasteiger charge is -2.20. The molecular weight excluding hydrogens is 426 g/mol. The van der Waals surface area contributed by atoms with Crippen molar-refractivity contribution in [3.63, 3.8) is 0 Å². The van der Waals surface area contributed by atoms with Crippen LogP contribution in [0, 0.1) is 0 Å². The molecule has 8 heteroatoms. The normalized spacial score (nSPS) is 15.3. The number of anilines is 1. The van der Waals surface area contributed by atoms with Gasteiger partial charge in [0.2, 0.25) is 10.0 Å². The third-order valence-corrected chi connectivity index (χ3v) is 6.91. The van der Waals surface area contributed by atoms with Gasteiger partial charge >= 0.3 is 0 Å². The molecule has 2 aromatic carbocycles. The molecule has 1 saturated heterocycles. The van der Waals surface area contributed by atoms with E-state index in [9.17, 15) is 13.2 Å². The number of carbonyl (C=O) groups is 1. The Hall–Kier alpha value is -2.58. The number of hydrogen-bond acceptors (Lipinski definition) is 5. The number of hydrogen-bond donors (Lipinski definition) is 1. The van der Waals surface area contributed by atoms with Crippen LogP contribution >= 0.6 is 0 Å². The second-order valence-electron chi connectivity index (χ2n) is 8.26.